The third kappa shape index (κ3) is 4.98. The molecule has 2 aliphatic rings. The zero-order chi connectivity index (χ0) is 42.8. The molecule has 11 aromatic rings. The summed E-state index contributed by atoms with van der Waals surface area (Å²) in [7, 11) is 0. The summed E-state index contributed by atoms with van der Waals surface area (Å²) in [6.07, 6.45) is 4.19. The van der Waals surface area contributed by atoms with E-state index < -0.39 is 0 Å². The molecule has 0 saturated carbocycles. The van der Waals surface area contributed by atoms with Gasteiger partial charge in [-0.2, -0.15) is 4.57 Å². The maximum Gasteiger partial charge on any atom is 0.221 e. The van der Waals surface area contributed by atoms with Crippen molar-refractivity contribution in [2.45, 2.75) is 39.2 Å². The summed E-state index contributed by atoms with van der Waals surface area (Å²) in [5.41, 5.74) is 15.6. The molecule has 0 fully saturated rings. The largest absolute Gasteiger partial charge is 0.453 e. The van der Waals surface area contributed by atoms with Crippen molar-refractivity contribution in [1.29, 1.82) is 0 Å². The van der Waals surface area contributed by atoms with Crippen LogP contribution in [0.1, 0.15) is 37.8 Å². The van der Waals surface area contributed by atoms with Gasteiger partial charge in [-0.15, -0.1) is 0 Å². The lowest BCUT2D eigenvalue weighted by Gasteiger charge is -2.37. The van der Waals surface area contributed by atoms with Crippen molar-refractivity contribution in [3.05, 3.63) is 200 Å². The van der Waals surface area contributed by atoms with Gasteiger partial charge >= 0.3 is 0 Å². The van der Waals surface area contributed by atoms with Crippen LogP contribution < -0.4 is 14.2 Å². The number of hydrogen-bond acceptors (Lipinski definition) is 2. The minimum atomic E-state index is -0.225. The number of benzene rings is 8. The summed E-state index contributed by atoms with van der Waals surface area (Å²) < 4.78 is 14.4. The van der Waals surface area contributed by atoms with E-state index >= 15 is 0 Å². The molecule has 5 heteroatoms. The number of ether oxygens (including phenoxy) is 1. The van der Waals surface area contributed by atoms with Crippen LogP contribution in [0.4, 0.5) is 17.1 Å². The van der Waals surface area contributed by atoms with Gasteiger partial charge in [0, 0.05) is 63.8 Å². The monoisotopic (exact) mass is 825 g/mol. The average molecular weight is 826 g/mol. The van der Waals surface area contributed by atoms with Gasteiger partial charge in [0.05, 0.1) is 55.8 Å². The van der Waals surface area contributed by atoms with Crippen molar-refractivity contribution < 1.29 is 9.30 Å². The molecule has 5 heterocycles. The first-order chi connectivity index (χ1) is 31.5. The Hall–Kier alpha value is -7.89. The Bertz CT molecular complexity index is 3730. The third-order valence-electron chi connectivity index (χ3n) is 14.4. The van der Waals surface area contributed by atoms with Gasteiger partial charge in [0.2, 0.25) is 5.69 Å². The summed E-state index contributed by atoms with van der Waals surface area (Å²) in [6.45, 7) is 11.6. The fourth-order valence-corrected chi connectivity index (χ4v) is 11.3. The van der Waals surface area contributed by atoms with Crippen LogP contribution in [-0.2, 0) is 5.54 Å². The van der Waals surface area contributed by atoms with Crippen molar-refractivity contribution in [3.63, 3.8) is 0 Å². The van der Waals surface area contributed by atoms with Gasteiger partial charge in [-0.1, -0.05) is 111 Å². The van der Waals surface area contributed by atoms with E-state index in [0.717, 1.165) is 69.4 Å². The second-order valence-corrected chi connectivity index (χ2v) is 17.6. The third-order valence-corrected chi connectivity index (χ3v) is 14.4. The molecule has 0 aliphatic carbocycles. The van der Waals surface area contributed by atoms with Gasteiger partial charge in [-0.3, -0.25) is 0 Å². The minimum absolute atomic E-state index is 0.225. The SMILES string of the molecule is C=C1c2ccc(N3c4ccc(-n5c6ccccc6c6ccccc65)cc4Oc4cc(-n5c6ccccc6c6cc(C)ccc65)ccc43)cc2-c2c3ccccc3cc[n+]2C1(CC)CC. The van der Waals surface area contributed by atoms with E-state index in [1.54, 1.807) is 0 Å². The lowest BCUT2D eigenvalue weighted by Crippen LogP contribution is -2.59. The van der Waals surface area contributed by atoms with Crippen LogP contribution in [0.5, 0.6) is 11.5 Å². The quantitative estimate of drug-likeness (QED) is 0.162. The summed E-state index contributed by atoms with van der Waals surface area (Å²) in [5, 5.41) is 7.41. The molecule has 0 amide bonds. The number of aryl methyl sites for hydroxylation is 1. The smallest absolute Gasteiger partial charge is 0.221 e. The second kappa shape index (κ2) is 13.6. The Morgan fingerprint density at radius 2 is 1.03 bits per heavy atom. The van der Waals surface area contributed by atoms with Crippen LogP contribution in [0.15, 0.2) is 189 Å². The van der Waals surface area contributed by atoms with Gasteiger partial charge in [0.15, 0.2) is 23.2 Å². The molecule has 8 aromatic carbocycles. The van der Waals surface area contributed by atoms with Crippen molar-refractivity contribution >= 4 is 77.0 Å². The highest BCUT2D eigenvalue weighted by Gasteiger charge is 2.47. The van der Waals surface area contributed by atoms with Crippen molar-refractivity contribution in [3.8, 4) is 34.1 Å². The van der Waals surface area contributed by atoms with Gasteiger partial charge in [0.25, 0.3) is 0 Å². The highest BCUT2D eigenvalue weighted by molar-refractivity contribution is 6.11. The molecule has 3 aromatic heterocycles. The zero-order valence-corrected chi connectivity index (χ0v) is 36.1. The van der Waals surface area contributed by atoms with E-state index in [0.29, 0.717) is 0 Å². The molecule has 0 spiro atoms. The summed E-state index contributed by atoms with van der Waals surface area (Å²) in [5.74, 6) is 1.58. The molecule has 64 heavy (non-hydrogen) atoms. The zero-order valence-electron chi connectivity index (χ0n) is 36.1. The Labute approximate surface area is 371 Å². The van der Waals surface area contributed by atoms with Crippen LogP contribution in [0.3, 0.4) is 0 Å². The van der Waals surface area contributed by atoms with E-state index in [4.69, 9.17) is 11.3 Å². The van der Waals surface area contributed by atoms with E-state index in [9.17, 15) is 0 Å². The number of para-hydroxylation sites is 3. The van der Waals surface area contributed by atoms with E-state index in [1.165, 1.54) is 65.7 Å². The number of aromatic nitrogens is 3. The maximum atomic E-state index is 7.19. The summed E-state index contributed by atoms with van der Waals surface area (Å²) in [4.78, 5) is 2.39. The highest BCUT2D eigenvalue weighted by atomic mass is 16.5. The molecule has 13 rings (SSSR count). The van der Waals surface area contributed by atoms with Crippen molar-refractivity contribution in [2.24, 2.45) is 0 Å². The normalized spacial score (nSPS) is 13.9. The molecule has 0 bridgehead atoms. The molecule has 306 valence electrons. The number of allylic oxidation sites excluding steroid dienone is 1. The first-order valence-electron chi connectivity index (χ1n) is 22.5. The molecule has 2 aliphatic heterocycles. The Morgan fingerprint density at radius 1 is 0.500 bits per heavy atom. The molecule has 0 N–H and O–H groups in total. The molecule has 5 nitrogen and oxygen atoms in total. The predicted octanol–water partition coefficient (Wildman–Crippen LogP) is 15.4. The number of pyridine rings is 1. The lowest BCUT2D eigenvalue weighted by atomic mass is 9.75. The molecule has 0 unspecified atom stereocenters. The maximum absolute atomic E-state index is 7.19. The van der Waals surface area contributed by atoms with Crippen LogP contribution in [0.25, 0.3) is 82.6 Å². The van der Waals surface area contributed by atoms with Crippen LogP contribution in [-0.4, -0.2) is 9.13 Å². The van der Waals surface area contributed by atoms with E-state index in [-0.39, 0.29) is 5.54 Å². The van der Waals surface area contributed by atoms with Crippen LogP contribution >= 0.6 is 0 Å². The number of hydrogen-bond donors (Lipinski definition) is 0. The molecular formula is C59H45N4O+. The molecule has 0 atom stereocenters. The fourth-order valence-electron chi connectivity index (χ4n) is 11.3. The lowest BCUT2D eigenvalue weighted by molar-refractivity contribution is -0.740. The Morgan fingerprint density at radius 3 is 1.64 bits per heavy atom. The molecule has 0 saturated heterocycles. The van der Waals surface area contributed by atoms with Gasteiger partial charge < -0.3 is 18.8 Å². The fraction of sp³-hybridized carbons (Fsp3) is 0.102. The summed E-state index contributed by atoms with van der Waals surface area (Å²) >= 11 is 0. The number of anilines is 3. The summed E-state index contributed by atoms with van der Waals surface area (Å²) in [6, 6.07) is 64.2. The topological polar surface area (TPSA) is 26.2 Å². The molecular weight excluding hydrogens is 781 g/mol. The predicted molar refractivity (Wildman–Crippen MR) is 265 cm³/mol. The first kappa shape index (κ1) is 36.7. The van der Waals surface area contributed by atoms with Gasteiger partial charge in [-0.25, -0.2) is 0 Å². The van der Waals surface area contributed by atoms with Gasteiger partial charge in [-0.05, 0) is 90.7 Å². The number of nitrogens with zero attached hydrogens (tertiary/aromatic N) is 4. The number of rotatable bonds is 5. The first-order valence-corrected chi connectivity index (χ1v) is 22.5. The Kier molecular flexibility index (Phi) is 7.78. The van der Waals surface area contributed by atoms with E-state index in [1.807, 2.05) is 0 Å². The van der Waals surface area contributed by atoms with Gasteiger partial charge in [0.1, 0.15) is 0 Å². The Balaban J connectivity index is 1.05. The second-order valence-electron chi connectivity index (χ2n) is 17.6. The number of fused-ring (bicyclic) bond motifs is 13. The highest BCUT2D eigenvalue weighted by Crippen LogP contribution is 2.54. The van der Waals surface area contributed by atoms with Crippen LogP contribution in [0.2, 0.25) is 0 Å². The molecule has 0 radical (unpaired) electrons. The van der Waals surface area contributed by atoms with Crippen LogP contribution in [0, 0.1) is 6.92 Å². The van der Waals surface area contributed by atoms with Crippen molar-refractivity contribution in [2.75, 3.05) is 4.90 Å². The average Bonchev–Trinajstić information content (AvgIpc) is 3.85. The van der Waals surface area contributed by atoms with Crippen molar-refractivity contribution in [1.82, 2.24) is 9.13 Å². The minimum Gasteiger partial charge on any atom is -0.453 e. The standard InChI is InChI=1S/C59H45N4O/c1-5-59(6-2)38(4)43-27-24-40(34-49(43)58-44-16-8-7-15-39(44)31-32-60(58)59)63-54-29-25-41(61-50-20-12-9-17-45(50)46-18-10-13-21-51(46)61)35-56(54)64-57-36-42(26-30-55(57)63)62-52-22-14-11-19-47(52)48-33-37(3)23-28-53(48)62/h7-36H,4-6H2,1-3H3/q+1. The van der Waals surface area contributed by atoms with E-state index in [2.05, 4.69) is 221 Å².